The zero-order valence-electron chi connectivity index (χ0n) is 26.4. The summed E-state index contributed by atoms with van der Waals surface area (Å²) in [7, 11) is 0. The molecule has 2 heterocycles. The quantitative estimate of drug-likeness (QED) is 0.289. The minimum atomic E-state index is -2.77. The third kappa shape index (κ3) is 7.93. The molecular formula is C37H40F2N4O4. The number of alkyl halides is 2. The van der Waals surface area contributed by atoms with Crippen molar-refractivity contribution in [3.8, 4) is 0 Å². The van der Waals surface area contributed by atoms with Crippen LogP contribution in [0.2, 0.25) is 0 Å². The van der Waals surface area contributed by atoms with Crippen molar-refractivity contribution >= 4 is 29.2 Å². The van der Waals surface area contributed by atoms with Gasteiger partial charge in [-0.15, -0.1) is 0 Å². The van der Waals surface area contributed by atoms with Gasteiger partial charge in [0.15, 0.2) is 5.78 Å². The van der Waals surface area contributed by atoms with Crippen LogP contribution in [0.15, 0.2) is 72.8 Å². The maximum absolute atomic E-state index is 14.0. The number of halogens is 2. The van der Waals surface area contributed by atoms with E-state index in [4.69, 9.17) is 0 Å². The molecule has 2 N–H and O–H groups in total. The largest absolute Gasteiger partial charge is 0.342 e. The van der Waals surface area contributed by atoms with Crippen LogP contribution in [0.1, 0.15) is 64.7 Å². The van der Waals surface area contributed by atoms with Crippen molar-refractivity contribution in [2.75, 3.05) is 25.0 Å². The van der Waals surface area contributed by atoms with E-state index in [1.165, 1.54) is 16.0 Å². The molecule has 3 aromatic carbocycles. The van der Waals surface area contributed by atoms with Gasteiger partial charge in [-0.25, -0.2) is 8.78 Å². The van der Waals surface area contributed by atoms with Crippen LogP contribution in [-0.4, -0.2) is 70.9 Å². The summed E-state index contributed by atoms with van der Waals surface area (Å²) in [6, 6.07) is 20.2. The highest BCUT2D eigenvalue weighted by atomic mass is 19.3. The molecule has 0 spiro atoms. The Kier molecular flexibility index (Phi) is 9.77. The topological polar surface area (TPSA) is 98.8 Å². The zero-order valence-corrected chi connectivity index (χ0v) is 26.4. The first kappa shape index (κ1) is 32.5. The molecule has 2 atom stereocenters. The summed E-state index contributed by atoms with van der Waals surface area (Å²) in [5, 5.41) is 5.82. The number of nitrogens with zero attached hydrogens (tertiary/aromatic N) is 2. The standard InChI is InChI=1S/C37H40F2N4O4/c38-37(39)18-20-42(24-37)19-17-31(35(46)40-30-14-13-25-11-6-12-27(25)21-30)41-36(47)32-22-28-9-4-5-10-29(28)23-43(32)34(45)16-15-33(44)26-7-2-1-3-8-26/h1-5,7-10,13-14,21,31-32H,6,11-12,15-20,22-24H2,(H,40,46)(H,41,47)/t31-,32-/m0/s1. The Bertz CT molecular complexity index is 1650. The number of likely N-dealkylation sites (tertiary alicyclic amines) is 1. The molecule has 47 heavy (non-hydrogen) atoms. The fraction of sp³-hybridized carbons (Fsp3) is 0.405. The molecule has 246 valence electrons. The van der Waals surface area contributed by atoms with Gasteiger partial charge in [0.25, 0.3) is 5.92 Å². The van der Waals surface area contributed by atoms with Gasteiger partial charge in [0.2, 0.25) is 17.7 Å². The second-order valence-corrected chi connectivity index (χ2v) is 12.9. The molecule has 0 radical (unpaired) electrons. The van der Waals surface area contributed by atoms with Gasteiger partial charge in [-0.1, -0.05) is 60.7 Å². The van der Waals surface area contributed by atoms with Gasteiger partial charge in [-0.3, -0.25) is 24.1 Å². The van der Waals surface area contributed by atoms with Crippen LogP contribution in [0.3, 0.4) is 0 Å². The molecule has 6 rings (SSSR count). The van der Waals surface area contributed by atoms with Gasteiger partial charge in [0.1, 0.15) is 12.1 Å². The lowest BCUT2D eigenvalue weighted by atomic mass is 9.92. The van der Waals surface area contributed by atoms with Crippen LogP contribution in [0, 0.1) is 0 Å². The molecule has 1 saturated heterocycles. The van der Waals surface area contributed by atoms with Gasteiger partial charge in [0, 0.05) is 56.6 Å². The maximum atomic E-state index is 14.0. The fourth-order valence-electron chi connectivity index (χ4n) is 6.88. The average molecular weight is 643 g/mol. The maximum Gasteiger partial charge on any atom is 0.261 e. The fourth-order valence-corrected chi connectivity index (χ4v) is 6.88. The summed E-state index contributed by atoms with van der Waals surface area (Å²) >= 11 is 0. The van der Waals surface area contributed by atoms with Crippen molar-refractivity contribution < 1.29 is 28.0 Å². The predicted octanol–water partition coefficient (Wildman–Crippen LogP) is 4.95. The first-order valence-electron chi connectivity index (χ1n) is 16.4. The number of anilines is 1. The van der Waals surface area contributed by atoms with E-state index >= 15 is 0 Å². The van der Waals surface area contributed by atoms with Crippen molar-refractivity contribution in [1.29, 1.82) is 0 Å². The van der Waals surface area contributed by atoms with Crippen molar-refractivity contribution in [1.82, 2.24) is 15.1 Å². The molecule has 3 aliphatic rings. The highest BCUT2D eigenvalue weighted by molar-refractivity contribution is 6.00. The Morgan fingerprint density at radius 3 is 2.38 bits per heavy atom. The Labute approximate surface area is 273 Å². The number of carbonyl (C=O) groups excluding carboxylic acids is 4. The van der Waals surface area contributed by atoms with Crippen LogP contribution in [0.5, 0.6) is 0 Å². The number of amides is 3. The number of benzene rings is 3. The number of hydrogen-bond donors (Lipinski definition) is 2. The minimum Gasteiger partial charge on any atom is -0.342 e. The second-order valence-electron chi connectivity index (χ2n) is 12.9. The van der Waals surface area contributed by atoms with Gasteiger partial charge in [-0.2, -0.15) is 0 Å². The Morgan fingerprint density at radius 2 is 1.62 bits per heavy atom. The van der Waals surface area contributed by atoms with Crippen LogP contribution < -0.4 is 10.6 Å². The van der Waals surface area contributed by atoms with E-state index in [1.54, 1.807) is 29.2 Å². The van der Waals surface area contributed by atoms with Crippen molar-refractivity contribution in [3.05, 3.63) is 101 Å². The van der Waals surface area contributed by atoms with Crippen LogP contribution in [0.4, 0.5) is 14.5 Å². The number of aryl methyl sites for hydroxylation is 2. The number of nitrogens with one attached hydrogen (secondary N) is 2. The zero-order chi connectivity index (χ0) is 33.0. The number of rotatable bonds is 11. The van der Waals surface area contributed by atoms with Crippen LogP contribution in [0.25, 0.3) is 0 Å². The molecule has 1 aliphatic carbocycles. The summed E-state index contributed by atoms with van der Waals surface area (Å²) in [5.41, 5.74) is 5.43. The molecule has 0 saturated carbocycles. The Morgan fingerprint density at radius 1 is 0.872 bits per heavy atom. The molecule has 10 heteroatoms. The van der Waals surface area contributed by atoms with E-state index in [-0.39, 0.29) is 70.0 Å². The monoisotopic (exact) mass is 642 g/mol. The van der Waals surface area contributed by atoms with E-state index in [1.807, 2.05) is 48.5 Å². The lowest BCUT2D eigenvalue weighted by Crippen LogP contribution is -2.56. The highest BCUT2D eigenvalue weighted by Gasteiger charge is 2.39. The summed E-state index contributed by atoms with van der Waals surface area (Å²) < 4.78 is 27.9. The number of Topliss-reactive ketones (excluding diaryl/α,β-unsaturated/α-hetero) is 1. The lowest BCUT2D eigenvalue weighted by Gasteiger charge is -2.37. The van der Waals surface area contributed by atoms with Crippen molar-refractivity contribution in [2.24, 2.45) is 0 Å². The lowest BCUT2D eigenvalue weighted by molar-refractivity contribution is -0.142. The average Bonchev–Trinajstić information content (AvgIpc) is 3.69. The smallest absolute Gasteiger partial charge is 0.261 e. The minimum absolute atomic E-state index is 0.00160. The van der Waals surface area contributed by atoms with Crippen LogP contribution >= 0.6 is 0 Å². The van der Waals surface area contributed by atoms with E-state index < -0.39 is 29.8 Å². The summed E-state index contributed by atoms with van der Waals surface area (Å²) in [4.78, 5) is 57.2. The summed E-state index contributed by atoms with van der Waals surface area (Å²) in [5.74, 6) is -4.20. The third-order valence-corrected chi connectivity index (χ3v) is 9.51. The Balaban J connectivity index is 1.18. The molecule has 8 nitrogen and oxygen atoms in total. The summed E-state index contributed by atoms with van der Waals surface area (Å²) in [6.07, 6.45) is 3.07. The van der Waals surface area contributed by atoms with Gasteiger partial charge in [0.05, 0.1) is 6.54 Å². The van der Waals surface area contributed by atoms with Crippen LogP contribution in [-0.2, 0) is 40.2 Å². The number of hydrogen-bond acceptors (Lipinski definition) is 5. The molecule has 2 aliphatic heterocycles. The molecular weight excluding hydrogens is 602 g/mol. The van der Waals surface area contributed by atoms with E-state index in [0.29, 0.717) is 11.3 Å². The van der Waals surface area contributed by atoms with E-state index in [9.17, 15) is 28.0 Å². The molecule has 0 aromatic heterocycles. The molecule has 0 bridgehead atoms. The van der Waals surface area contributed by atoms with Crippen molar-refractivity contribution in [3.63, 3.8) is 0 Å². The van der Waals surface area contributed by atoms with E-state index in [0.717, 1.165) is 30.4 Å². The second kappa shape index (κ2) is 14.1. The third-order valence-electron chi connectivity index (χ3n) is 9.51. The normalized spacial score (nSPS) is 19.0. The Hall–Kier alpha value is -4.44. The van der Waals surface area contributed by atoms with Gasteiger partial charge in [-0.05, 0) is 60.1 Å². The van der Waals surface area contributed by atoms with Gasteiger partial charge < -0.3 is 15.5 Å². The first-order valence-corrected chi connectivity index (χ1v) is 16.4. The SMILES string of the molecule is O=C(CCC(=O)N1Cc2ccccc2C[C@H]1C(=O)N[C@@H](CCN1CCC(F)(F)C1)C(=O)Nc1ccc2c(c1)CCC2)c1ccccc1. The van der Waals surface area contributed by atoms with Crippen molar-refractivity contribution in [2.45, 2.75) is 75.9 Å². The summed E-state index contributed by atoms with van der Waals surface area (Å²) in [6.45, 7) is 0.227. The van der Waals surface area contributed by atoms with E-state index in [2.05, 4.69) is 10.6 Å². The highest BCUT2D eigenvalue weighted by Crippen LogP contribution is 2.28. The van der Waals surface area contributed by atoms with Gasteiger partial charge >= 0.3 is 0 Å². The molecule has 1 fully saturated rings. The predicted molar refractivity (Wildman–Crippen MR) is 174 cm³/mol. The first-order chi connectivity index (χ1) is 22.6. The number of carbonyl (C=O) groups is 4. The number of ketones is 1. The number of fused-ring (bicyclic) bond motifs is 2. The molecule has 0 unspecified atom stereocenters. The molecule has 3 aromatic rings. The molecule has 3 amide bonds.